The molecular weight excluding hydrogens is 348 g/mol. The van der Waals surface area contributed by atoms with E-state index in [2.05, 4.69) is 6.92 Å². The van der Waals surface area contributed by atoms with Crippen molar-refractivity contribution < 1.29 is 14.3 Å². The Kier molecular flexibility index (Phi) is 23.7. The minimum Gasteiger partial charge on any atom is -0.434 e. The van der Waals surface area contributed by atoms with Crippen molar-refractivity contribution in [2.75, 3.05) is 13.2 Å². The zero-order chi connectivity index (χ0) is 20.5. The van der Waals surface area contributed by atoms with Gasteiger partial charge in [-0.3, -0.25) is 0 Å². The highest BCUT2D eigenvalue weighted by Gasteiger charge is 2.01. The molecule has 0 saturated carbocycles. The topological polar surface area (TPSA) is 35.5 Å². The van der Waals surface area contributed by atoms with Gasteiger partial charge in [-0.1, -0.05) is 129 Å². The van der Waals surface area contributed by atoms with Gasteiger partial charge in [-0.05, 0) is 12.8 Å². The van der Waals surface area contributed by atoms with Gasteiger partial charge >= 0.3 is 6.16 Å². The number of unbranched alkanes of at least 4 members (excludes halogenated alkanes) is 18. The van der Waals surface area contributed by atoms with Crippen LogP contribution in [0.3, 0.4) is 0 Å². The van der Waals surface area contributed by atoms with E-state index in [1.807, 2.05) is 6.92 Å². The molecule has 0 aliphatic heterocycles. The van der Waals surface area contributed by atoms with E-state index in [1.54, 1.807) is 0 Å². The van der Waals surface area contributed by atoms with Crippen molar-refractivity contribution in [1.29, 1.82) is 0 Å². The van der Waals surface area contributed by atoms with E-state index in [1.165, 1.54) is 109 Å². The largest absolute Gasteiger partial charge is 0.508 e. The van der Waals surface area contributed by atoms with E-state index in [0.29, 0.717) is 13.2 Å². The van der Waals surface area contributed by atoms with Gasteiger partial charge in [0.25, 0.3) is 0 Å². The molecule has 0 spiro atoms. The van der Waals surface area contributed by atoms with Crippen LogP contribution < -0.4 is 0 Å². The lowest BCUT2D eigenvalue weighted by atomic mass is 10.0. The van der Waals surface area contributed by atoms with Crippen LogP contribution >= 0.6 is 0 Å². The maximum Gasteiger partial charge on any atom is 0.508 e. The lowest BCUT2D eigenvalue weighted by molar-refractivity contribution is 0.0541. The molecule has 0 heterocycles. The first-order valence-electron chi connectivity index (χ1n) is 12.6. The second-order valence-corrected chi connectivity index (χ2v) is 8.31. The van der Waals surface area contributed by atoms with Gasteiger partial charge in [0.05, 0.1) is 13.2 Å². The lowest BCUT2D eigenvalue weighted by Crippen LogP contribution is -2.08. The first-order chi connectivity index (χ1) is 13.8. The molecule has 0 aliphatic rings. The first kappa shape index (κ1) is 27.3. The van der Waals surface area contributed by atoms with Crippen molar-refractivity contribution in [3.05, 3.63) is 0 Å². The Hall–Kier alpha value is -0.730. The second kappa shape index (κ2) is 24.3. The summed E-state index contributed by atoms with van der Waals surface area (Å²) in [6.45, 7) is 5.22. The Labute approximate surface area is 176 Å². The number of rotatable bonds is 22. The van der Waals surface area contributed by atoms with E-state index < -0.39 is 6.16 Å². The van der Waals surface area contributed by atoms with Gasteiger partial charge < -0.3 is 9.47 Å². The van der Waals surface area contributed by atoms with Crippen LogP contribution in [-0.4, -0.2) is 19.4 Å². The van der Waals surface area contributed by atoms with Crippen molar-refractivity contribution in [2.45, 2.75) is 142 Å². The number of hydrogen-bond donors (Lipinski definition) is 0. The molecule has 0 radical (unpaired) electrons. The lowest BCUT2D eigenvalue weighted by Gasteiger charge is -2.05. The van der Waals surface area contributed by atoms with Crippen molar-refractivity contribution >= 4 is 6.16 Å². The minimum absolute atomic E-state index is 0.456. The molecule has 0 amide bonds. The van der Waals surface area contributed by atoms with Crippen LogP contribution in [0.2, 0.25) is 0 Å². The molecule has 0 atom stereocenters. The fourth-order valence-corrected chi connectivity index (χ4v) is 3.56. The van der Waals surface area contributed by atoms with Gasteiger partial charge in [0.1, 0.15) is 0 Å². The highest BCUT2D eigenvalue weighted by molar-refractivity contribution is 5.59. The van der Waals surface area contributed by atoms with Crippen LogP contribution in [0, 0.1) is 0 Å². The Morgan fingerprint density at radius 3 is 1.11 bits per heavy atom. The summed E-state index contributed by atoms with van der Waals surface area (Å²) in [6, 6.07) is 0. The fourth-order valence-electron chi connectivity index (χ4n) is 3.56. The first-order valence-corrected chi connectivity index (χ1v) is 12.6. The highest BCUT2D eigenvalue weighted by atomic mass is 16.7. The third kappa shape index (κ3) is 23.3. The average Bonchev–Trinajstić information content (AvgIpc) is 2.70. The molecule has 0 saturated heterocycles. The fraction of sp³-hybridized carbons (Fsp3) is 0.960. The van der Waals surface area contributed by atoms with E-state index in [0.717, 1.165) is 19.3 Å². The van der Waals surface area contributed by atoms with Crippen LogP contribution in [0.25, 0.3) is 0 Å². The van der Waals surface area contributed by atoms with Gasteiger partial charge in [-0.25, -0.2) is 4.79 Å². The summed E-state index contributed by atoms with van der Waals surface area (Å²) >= 11 is 0. The zero-order valence-electron chi connectivity index (χ0n) is 19.3. The van der Waals surface area contributed by atoms with E-state index in [4.69, 9.17) is 9.47 Å². The predicted octanol–water partition coefficient (Wildman–Crippen LogP) is 8.98. The molecular formula is C25H50O3. The number of hydrogen-bond acceptors (Lipinski definition) is 3. The van der Waals surface area contributed by atoms with Crippen LogP contribution in [0.4, 0.5) is 4.79 Å². The average molecular weight is 399 g/mol. The van der Waals surface area contributed by atoms with Crippen LogP contribution in [0.15, 0.2) is 0 Å². The molecule has 0 aromatic heterocycles. The van der Waals surface area contributed by atoms with Crippen molar-refractivity contribution in [3.63, 3.8) is 0 Å². The zero-order valence-corrected chi connectivity index (χ0v) is 19.3. The normalized spacial score (nSPS) is 10.9. The third-order valence-corrected chi connectivity index (χ3v) is 5.39. The summed E-state index contributed by atoms with van der Waals surface area (Å²) in [4.78, 5) is 11.1. The van der Waals surface area contributed by atoms with Crippen LogP contribution in [0.1, 0.15) is 142 Å². The molecule has 168 valence electrons. The third-order valence-electron chi connectivity index (χ3n) is 5.39. The van der Waals surface area contributed by atoms with Crippen LogP contribution in [0.5, 0.6) is 0 Å². The summed E-state index contributed by atoms with van der Waals surface area (Å²) in [5, 5.41) is 0. The molecule has 0 aromatic carbocycles. The molecule has 0 aromatic rings. The maximum absolute atomic E-state index is 11.1. The molecule has 3 heteroatoms. The summed E-state index contributed by atoms with van der Waals surface area (Å²) in [5.41, 5.74) is 0. The van der Waals surface area contributed by atoms with E-state index in [9.17, 15) is 4.79 Å². The predicted molar refractivity (Wildman–Crippen MR) is 121 cm³/mol. The maximum atomic E-state index is 11.1. The van der Waals surface area contributed by atoms with Crippen molar-refractivity contribution in [2.24, 2.45) is 0 Å². The Balaban J connectivity index is 3.04. The molecule has 28 heavy (non-hydrogen) atoms. The van der Waals surface area contributed by atoms with Gasteiger partial charge in [-0.15, -0.1) is 0 Å². The second-order valence-electron chi connectivity index (χ2n) is 8.31. The molecule has 0 rings (SSSR count). The van der Waals surface area contributed by atoms with Crippen molar-refractivity contribution in [1.82, 2.24) is 0 Å². The molecule has 0 unspecified atom stereocenters. The van der Waals surface area contributed by atoms with Gasteiger partial charge in [0.2, 0.25) is 0 Å². The van der Waals surface area contributed by atoms with E-state index >= 15 is 0 Å². The van der Waals surface area contributed by atoms with Crippen molar-refractivity contribution in [3.8, 4) is 0 Å². The molecule has 0 bridgehead atoms. The molecule has 0 aliphatic carbocycles. The SMILES string of the molecule is CCCCCCCCCCCCCCCCCCCCCOC(=O)OCCC. The molecule has 0 N–H and O–H groups in total. The Morgan fingerprint density at radius 1 is 0.429 bits per heavy atom. The Morgan fingerprint density at radius 2 is 0.750 bits per heavy atom. The smallest absolute Gasteiger partial charge is 0.434 e. The quantitative estimate of drug-likeness (QED) is 0.135. The monoisotopic (exact) mass is 398 g/mol. The standard InChI is InChI=1S/C25H50O3/c1-3-5-6-7-8-9-10-11-12-13-14-15-16-17-18-19-20-21-22-24-28-25(26)27-23-4-2/h3-24H2,1-2H3. The summed E-state index contributed by atoms with van der Waals surface area (Å²) < 4.78 is 9.89. The molecule has 3 nitrogen and oxygen atoms in total. The van der Waals surface area contributed by atoms with Gasteiger partial charge in [0.15, 0.2) is 0 Å². The van der Waals surface area contributed by atoms with Gasteiger partial charge in [-0.2, -0.15) is 0 Å². The van der Waals surface area contributed by atoms with Crippen LogP contribution in [-0.2, 0) is 9.47 Å². The van der Waals surface area contributed by atoms with Gasteiger partial charge in [0, 0.05) is 0 Å². The van der Waals surface area contributed by atoms with E-state index in [-0.39, 0.29) is 0 Å². The Bertz CT molecular complexity index is 304. The summed E-state index contributed by atoms with van der Waals surface area (Å²) in [6.07, 6.45) is 26.4. The number of ether oxygens (including phenoxy) is 2. The molecule has 0 fully saturated rings. The number of carbonyl (C=O) groups is 1. The highest BCUT2D eigenvalue weighted by Crippen LogP contribution is 2.14. The number of carbonyl (C=O) groups excluding carboxylic acids is 1. The summed E-state index contributed by atoms with van der Waals surface area (Å²) in [7, 11) is 0. The summed E-state index contributed by atoms with van der Waals surface area (Å²) in [5.74, 6) is 0. The minimum atomic E-state index is -0.510.